The minimum Gasteiger partial charge on any atom is -0.349 e. The lowest BCUT2D eigenvalue weighted by molar-refractivity contribution is -0.122. The van der Waals surface area contributed by atoms with Gasteiger partial charge in [-0.3, -0.25) is 19.3 Å². The summed E-state index contributed by atoms with van der Waals surface area (Å²) >= 11 is 12.5. The van der Waals surface area contributed by atoms with E-state index < -0.39 is 0 Å². The average molecular weight is 473 g/mol. The number of nitrogens with one attached hydrogen (secondary N) is 1. The van der Waals surface area contributed by atoms with Gasteiger partial charge in [0.15, 0.2) is 0 Å². The minimum atomic E-state index is -0.281. The summed E-state index contributed by atoms with van der Waals surface area (Å²) in [5, 5.41) is 7.93. The van der Waals surface area contributed by atoms with Gasteiger partial charge in [0.1, 0.15) is 6.54 Å². The van der Waals surface area contributed by atoms with Crippen LogP contribution in [0.15, 0.2) is 30.5 Å². The molecule has 32 heavy (non-hydrogen) atoms. The van der Waals surface area contributed by atoms with Gasteiger partial charge < -0.3 is 16.0 Å². The molecule has 3 aromatic rings. The maximum absolute atomic E-state index is 13.3. The number of aryl methyl sites for hydroxylation is 2. The number of hydrogen-bond donors (Lipinski definition) is 2. The molecule has 0 unspecified atom stereocenters. The standard InChI is InChI=1S/C22H22Cl2N6O2/c1-12-16(8-25)20(15-4-3-13(23)7-17(15)24)21-18(27-12)10-30(22(21)32)11-19(31)26-9-14-5-6-29(2)28-14/h3-7H,8-11,25H2,1-2H3,(H,26,31). The summed E-state index contributed by atoms with van der Waals surface area (Å²) in [6.45, 7) is 2.47. The molecule has 166 valence electrons. The fourth-order valence-electron chi connectivity index (χ4n) is 3.90. The number of halogens is 2. The van der Waals surface area contributed by atoms with Crippen LogP contribution in [-0.2, 0) is 31.5 Å². The molecular weight excluding hydrogens is 451 g/mol. The Morgan fingerprint density at radius 1 is 1.25 bits per heavy atom. The number of carbonyl (C=O) groups excluding carboxylic acids is 2. The van der Waals surface area contributed by atoms with Crippen LogP contribution in [-0.4, -0.2) is 38.0 Å². The fraction of sp³-hybridized carbons (Fsp3) is 0.273. The first kappa shape index (κ1) is 22.3. The zero-order valence-electron chi connectivity index (χ0n) is 17.7. The van der Waals surface area contributed by atoms with Crippen molar-refractivity contribution in [1.29, 1.82) is 0 Å². The number of rotatable bonds is 6. The van der Waals surface area contributed by atoms with Crippen LogP contribution in [0.1, 0.15) is 33.0 Å². The smallest absolute Gasteiger partial charge is 0.257 e. The summed E-state index contributed by atoms with van der Waals surface area (Å²) < 4.78 is 1.66. The summed E-state index contributed by atoms with van der Waals surface area (Å²) in [6, 6.07) is 6.94. The van der Waals surface area contributed by atoms with Gasteiger partial charge in [0, 0.05) is 46.7 Å². The number of nitrogens with two attached hydrogens (primary N) is 1. The van der Waals surface area contributed by atoms with Crippen LogP contribution in [0.2, 0.25) is 10.0 Å². The van der Waals surface area contributed by atoms with Gasteiger partial charge in [-0.25, -0.2) is 0 Å². The number of amides is 2. The number of fused-ring (bicyclic) bond motifs is 1. The molecular formula is C22H22Cl2N6O2. The molecule has 0 saturated carbocycles. The second kappa shape index (κ2) is 8.90. The van der Waals surface area contributed by atoms with E-state index in [0.717, 1.165) is 17.0 Å². The van der Waals surface area contributed by atoms with Crippen molar-refractivity contribution in [2.75, 3.05) is 6.54 Å². The summed E-state index contributed by atoms with van der Waals surface area (Å²) in [6.07, 6.45) is 1.80. The molecule has 4 rings (SSSR count). The molecule has 0 radical (unpaired) electrons. The van der Waals surface area contributed by atoms with Crippen LogP contribution in [0.5, 0.6) is 0 Å². The number of benzene rings is 1. The van der Waals surface area contributed by atoms with Gasteiger partial charge in [0.05, 0.1) is 30.0 Å². The molecule has 1 aromatic carbocycles. The van der Waals surface area contributed by atoms with E-state index in [1.807, 2.05) is 13.0 Å². The van der Waals surface area contributed by atoms with Gasteiger partial charge in [-0.2, -0.15) is 5.10 Å². The van der Waals surface area contributed by atoms with Crippen molar-refractivity contribution in [3.8, 4) is 11.1 Å². The fourth-order valence-corrected chi connectivity index (χ4v) is 4.40. The van der Waals surface area contributed by atoms with E-state index in [4.69, 9.17) is 28.9 Å². The highest BCUT2D eigenvalue weighted by atomic mass is 35.5. The van der Waals surface area contributed by atoms with Gasteiger partial charge in [0.25, 0.3) is 5.91 Å². The minimum absolute atomic E-state index is 0.0905. The molecule has 2 amide bonds. The Hall–Kier alpha value is -2.94. The first-order valence-corrected chi connectivity index (χ1v) is 10.8. The quantitative estimate of drug-likeness (QED) is 0.573. The number of pyridine rings is 1. The molecule has 0 spiro atoms. The number of aromatic nitrogens is 3. The lowest BCUT2D eigenvalue weighted by Gasteiger charge is -2.17. The SMILES string of the molecule is Cc1nc2c(c(-c3ccc(Cl)cc3Cl)c1CN)C(=O)N(CC(=O)NCc1ccn(C)n1)C2. The monoisotopic (exact) mass is 472 g/mol. The van der Waals surface area contributed by atoms with Crippen molar-refractivity contribution in [2.24, 2.45) is 12.8 Å². The van der Waals surface area contributed by atoms with E-state index in [1.54, 1.807) is 36.1 Å². The lowest BCUT2D eigenvalue weighted by Crippen LogP contribution is -2.37. The van der Waals surface area contributed by atoms with Crippen molar-refractivity contribution in [1.82, 2.24) is 25.0 Å². The zero-order chi connectivity index (χ0) is 23.0. The Balaban J connectivity index is 1.62. The Bertz CT molecular complexity index is 1220. The average Bonchev–Trinajstić information content (AvgIpc) is 3.28. The number of nitrogens with zero attached hydrogens (tertiary/aromatic N) is 4. The van der Waals surface area contributed by atoms with E-state index in [1.165, 1.54) is 4.90 Å². The Labute approximate surface area is 195 Å². The second-order valence-corrected chi connectivity index (χ2v) is 8.46. The van der Waals surface area contributed by atoms with E-state index in [9.17, 15) is 9.59 Å². The molecule has 0 fully saturated rings. The van der Waals surface area contributed by atoms with E-state index >= 15 is 0 Å². The molecule has 3 N–H and O–H groups in total. The highest BCUT2D eigenvalue weighted by molar-refractivity contribution is 6.36. The third-order valence-corrected chi connectivity index (χ3v) is 5.94. The van der Waals surface area contributed by atoms with Gasteiger partial charge >= 0.3 is 0 Å². The van der Waals surface area contributed by atoms with E-state index in [0.29, 0.717) is 32.4 Å². The summed E-state index contributed by atoms with van der Waals surface area (Å²) in [5.74, 6) is -0.560. The number of hydrogen-bond acceptors (Lipinski definition) is 5. The third kappa shape index (κ3) is 4.21. The van der Waals surface area contributed by atoms with Crippen LogP contribution in [0, 0.1) is 6.92 Å². The molecule has 0 atom stereocenters. The highest BCUT2D eigenvalue weighted by Crippen LogP contribution is 2.39. The van der Waals surface area contributed by atoms with Gasteiger partial charge in [-0.1, -0.05) is 29.3 Å². The van der Waals surface area contributed by atoms with Crippen LogP contribution in [0.3, 0.4) is 0 Å². The first-order chi connectivity index (χ1) is 15.3. The van der Waals surface area contributed by atoms with E-state index in [2.05, 4.69) is 15.4 Å². The van der Waals surface area contributed by atoms with Crippen LogP contribution in [0.25, 0.3) is 11.1 Å². The summed E-state index contributed by atoms with van der Waals surface area (Å²) in [5.41, 5.74) is 10.6. The van der Waals surface area contributed by atoms with Gasteiger partial charge in [-0.05, 0) is 30.7 Å². The molecule has 0 bridgehead atoms. The van der Waals surface area contributed by atoms with Crippen molar-refractivity contribution < 1.29 is 9.59 Å². The molecule has 2 aromatic heterocycles. The lowest BCUT2D eigenvalue weighted by atomic mass is 9.93. The molecule has 8 nitrogen and oxygen atoms in total. The molecule has 0 aliphatic carbocycles. The topological polar surface area (TPSA) is 106 Å². The maximum Gasteiger partial charge on any atom is 0.257 e. The highest BCUT2D eigenvalue weighted by Gasteiger charge is 2.35. The third-order valence-electron chi connectivity index (χ3n) is 5.40. The normalized spacial score (nSPS) is 12.9. The summed E-state index contributed by atoms with van der Waals surface area (Å²) in [7, 11) is 1.81. The van der Waals surface area contributed by atoms with Crippen molar-refractivity contribution >= 4 is 35.0 Å². The van der Waals surface area contributed by atoms with Crippen molar-refractivity contribution in [3.05, 3.63) is 68.7 Å². The Kier molecular flexibility index (Phi) is 6.19. The first-order valence-electron chi connectivity index (χ1n) is 10.0. The largest absolute Gasteiger partial charge is 0.349 e. The molecule has 1 aliphatic rings. The molecule has 3 heterocycles. The predicted molar refractivity (Wildman–Crippen MR) is 122 cm³/mol. The Morgan fingerprint density at radius 2 is 2.03 bits per heavy atom. The van der Waals surface area contributed by atoms with Crippen molar-refractivity contribution in [2.45, 2.75) is 26.6 Å². The van der Waals surface area contributed by atoms with Crippen LogP contribution in [0.4, 0.5) is 0 Å². The zero-order valence-corrected chi connectivity index (χ0v) is 19.2. The maximum atomic E-state index is 13.3. The number of carbonyl (C=O) groups is 2. The Morgan fingerprint density at radius 3 is 2.69 bits per heavy atom. The predicted octanol–water partition coefficient (Wildman–Crippen LogP) is 2.83. The van der Waals surface area contributed by atoms with Gasteiger partial charge in [0.2, 0.25) is 5.91 Å². The molecule has 0 saturated heterocycles. The van der Waals surface area contributed by atoms with Crippen LogP contribution < -0.4 is 11.1 Å². The van der Waals surface area contributed by atoms with Crippen molar-refractivity contribution in [3.63, 3.8) is 0 Å². The second-order valence-electron chi connectivity index (χ2n) is 7.62. The van der Waals surface area contributed by atoms with Crippen LogP contribution >= 0.6 is 23.2 Å². The van der Waals surface area contributed by atoms with Gasteiger partial charge in [-0.15, -0.1) is 0 Å². The molecule has 1 aliphatic heterocycles. The molecule has 10 heteroatoms. The summed E-state index contributed by atoms with van der Waals surface area (Å²) in [4.78, 5) is 31.9. The van der Waals surface area contributed by atoms with E-state index in [-0.39, 0.29) is 38.0 Å².